The van der Waals surface area contributed by atoms with Gasteiger partial charge in [-0.1, -0.05) is 26.2 Å². The molecule has 1 N–H and O–H groups in total. The minimum atomic E-state index is 0.546. The fourth-order valence-corrected chi connectivity index (χ4v) is 2.95. The summed E-state index contributed by atoms with van der Waals surface area (Å²) in [6.07, 6.45) is 7.59. The van der Waals surface area contributed by atoms with Crippen LogP contribution in [0, 0.1) is 4.77 Å². The normalized spacial score (nSPS) is 17.3. The van der Waals surface area contributed by atoms with Crippen LogP contribution in [0.2, 0.25) is 0 Å². The van der Waals surface area contributed by atoms with Gasteiger partial charge in [-0.25, -0.2) is 5.10 Å². The van der Waals surface area contributed by atoms with Crippen molar-refractivity contribution < 1.29 is 0 Å². The van der Waals surface area contributed by atoms with Crippen LogP contribution >= 0.6 is 12.2 Å². The van der Waals surface area contributed by atoms with Gasteiger partial charge in [0, 0.05) is 19.6 Å². The van der Waals surface area contributed by atoms with Gasteiger partial charge in [0.2, 0.25) is 5.95 Å². The number of aromatic nitrogens is 3. The summed E-state index contributed by atoms with van der Waals surface area (Å²) in [6.45, 7) is 3.20. The first-order chi connectivity index (χ1) is 8.24. The summed E-state index contributed by atoms with van der Waals surface area (Å²) in [7, 11) is 2.09. The van der Waals surface area contributed by atoms with Crippen LogP contribution in [0.1, 0.15) is 51.5 Å². The number of nitrogens with zero attached hydrogens (tertiary/aromatic N) is 3. The van der Waals surface area contributed by atoms with E-state index >= 15 is 0 Å². The van der Waals surface area contributed by atoms with Crippen LogP contribution in [-0.2, 0) is 0 Å². The van der Waals surface area contributed by atoms with Gasteiger partial charge in [-0.15, -0.1) is 5.10 Å². The Hall–Kier alpha value is -0.840. The number of nitrogens with one attached hydrogen (secondary N) is 1. The third kappa shape index (κ3) is 2.70. The van der Waals surface area contributed by atoms with Crippen molar-refractivity contribution >= 4 is 18.2 Å². The number of aromatic amines is 1. The lowest BCUT2D eigenvalue weighted by Crippen LogP contribution is -2.24. The summed E-state index contributed by atoms with van der Waals surface area (Å²) in [5.74, 6) is 1.00. The Bertz CT molecular complexity index is 403. The highest BCUT2D eigenvalue weighted by Gasteiger charge is 2.21. The van der Waals surface area contributed by atoms with Crippen LogP contribution in [-0.4, -0.2) is 28.4 Å². The molecule has 0 spiro atoms. The molecule has 0 bridgehead atoms. The van der Waals surface area contributed by atoms with E-state index in [0.717, 1.165) is 23.7 Å². The summed E-state index contributed by atoms with van der Waals surface area (Å²) >= 11 is 5.38. The van der Waals surface area contributed by atoms with E-state index in [1.165, 1.54) is 32.1 Å². The average molecular weight is 254 g/mol. The molecule has 0 amide bonds. The predicted molar refractivity (Wildman–Crippen MR) is 73.1 cm³/mol. The van der Waals surface area contributed by atoms with Gasteiger partial charge in [0.25, 0.3) is 0 Å². The standard InChI is InChI=1S/C12H22N4S/c1-3-9-15(2)11-13-14-12(17)16(11)10-7-5-4-6-8-10/h10H,3-9H2,1-2H3,(H,14,17). The molecule has 1 aliphatic carbocycles. The van der Waals surface area contributed by atoms with Gasteiger partial charge >= 0.3 is 0 Å². The van der Waals surface area contributed by atoms with Crippen molar-refractivity contribution in [1.82, 2.24) is 14.8 Å². The molecule has 1 saturated carbocycles. The van der Waals surface area contributed by atoms with Gasteiger partial charge in [-0.05, 0) is 31.5 Å². The monoisotopic (exact) mass is 254 g/mol. The Morgan fingerprint density at radius 3 is 2.76 bits per heavy atom. The molecule has 0 aliphatic heterocycles. The number of hydrogen-bond acceptors (Lipinski definition) is 3. The van der Waals surface area contributed by atoms with Gasteiger partial charge in [-0.3, -0.25) is 4.57 Å². The van der Waals surface area contributed by atoms with Crippen molar-refractivity contribution in [3.8, 4) is 0 Å². The van der Waals surface area contributed by atoms with E-state index in [1.54, 1.807) is 0 Å². The lowest BCUT2D eigenvalue weighted by molar-refractivity contribution is 0.350. The second kappa shape index (κ2) is 5.67. The summed E-state index contributed by atoms with van der Waals surface area (Å²) in [6, 6.07) is 0.546. The Morgan fingerprint density at radius 1 is 1.41 bits per heavy atom. The second-order valence-electron chi connectivity index (χ2n) is 4.91. The van der Waals surface area contributed by atoms with Crippen molar-refractivity contribution in [1.29, 1.82) is 0 Å². The highest BCUT2D eigenvalue weighted by atomic mass is 32.1. The van der Waals surface area contributed by atoms with Crippen LogP contribution in [0.4, 0.5) is 5.95 Å². The third-order valence-corrected chi connectivity index (χ3v) is 3.81. The molecule has 1 aliphatic rings. The molecule has 1 aromatic rings. The highest BCUT2D eigenvalue weighted by Crippen LogP contribution is 2.31. The predicted octanol–water partition coefficient (Wildman–Crippen LogP) is 3.29. The fourth-order valence-electron chi connectivity index (χ4n) is 2.67. The zero-order chi connectivity index (χ0) is 12.3. The van der Waals surface area contributed by atoms with Crippen LogP contribution in [0.25, 0.3) is 0 Å². The molecule has 0 radical (unpaired) electrons. The molecule has 96 valence electrons. The first-order valence-electron chi connectivity index (χ1n) is 6.62. The molecule has 0 saturated heterocycles. The van der Waals surface area contributed by atoms with E-state index in [4.69, 9.17) is 12.2 Å². The van der Waals surface area contributed by atoms with Crippen molar-refractivity contribution in [3.05, 3.63) is 4.77 Å². The van der Waals surface area contributed by atoms with Gasteiger partial charge < -0.3 is 4.90 Å². The number of H-pyrrole nitrogens is 1. The van der Waals surface area contributed by atoms with E-state index in [1.807, 2.05) is 0 Å². The molecule has 1 fully saturated rings. The van der Waals surface area contributed by atoms with E-state index < -0.39 is 0 Å². The topological polar surface area (TPSA) is 36.9 Å². The zero-order valence-electron chi connectivity index (χ0n) is 10.8. The molecule has 0 aromatic carbocycles. The maximum atomic E-state index is 5.38. The first kappa shape index (κ1) is 12.6. The van der Waals surface area contributed by atoms with Gasteiger partial charge in [0.05, 0.1) is 0 Å². The summed E-state index contributed by atoms with van der Waals surface area (Å²) < 4.78 is 3.00. The second-order valence-corrected chi connectivity index (χ2v) is 5.30. The molecule has 5 heteroatoms. The smallest absolute Gasteiger partial charge is 0.225 e. The minimum absolute atomic E-state index is 0.546. The molecule has 1 aromatic heterocycles. The van der Waals surface area contributed by atoms with Crippen molar-refractivity contribution in [3.63, 3.8) is 0 Å². The number of rotatable bonds is 4. The molecular weight excluding hydrogens is 232 g/mol. The Morgan fingerprint density at radius 2 is 2.12 bits per heavy atom. The summed E-state index contributed by atoms with van der Waals surface area (Å²) in [5, 5.41) is 7.33. The number of anilines is 1. The lowest BCUT2D eigenvalue weighted by Gasteiger charge is -2.26. The SMILES string of the molecule is CCCN(C)c1n[nH]c(=S)n1C1CCCCC1. The Labute approximate surface area is 108 Å². The zero-order valence-corrected chi connectivity index (χ0v) is 11.6. The molecule has 4 nitrogen and oxygen atoms in total. The van der Waals surface area contributed by atoms with Crippen LogP contribution in [0.3, 0.4) is 0 Å². The van der Waals surface area contributed by atoms with Crippen LogP contribution in [0.15, 0.2) is 0 Å². The molecule has 0 atom stereocenters. The largest absolute Gasteiger partial charge is 0.344 e. The summed E-state index contributed by atoms with van der Waals surface area (Å²) in [5.41, 5.74) is 0. The Balaban J connectivity index is 2.25. The van der Waals surface area contributed by atoms with E-state index in [-0.39, 0.29) is 0 Å². The van der Waals surface area contributed by atoms with Crippen molar-refractivity contribution in [2.24, 2.45) is 0 Å². The van der Waals surface area contributed by atoms with Crippen molar-refractivity contribution in [2.75, 3.05) is 18.5 Å². The van der Waals surface area contributed by atoms with Gasteiger partial charge in [0.15, 0.2) is 4.77 Å². The molecule has 1 heterocycles. The molecule has 0 unspecified atom stereocenters. The minimum Gasteiger partial charge on any atom is -0.344 e. The van der Waals surface area contributed by atoms with E-state index in [2.05, 4.69) is 33.6 Å². The average Bonchev–Trinajstić information content (AvgIpc) is 2.73. The van der Waals surface area contributed by atoms with E-state index in [9.17, 15) is 0 Å². The van der Waals surface area contributed by atoms with Crippen LogP contribution < -0.4 is 4.90 Å². The van der Waals surface area contributed by atoms with E-state index in [0.29, 0.717) is 6.04 Å². The molecule has 17 heavy (non-hydrogen) atoms. The van der Waals surface area contributed by atoms with Gasteiger partial charge in [-0.2, -0.15) is 0 Å². The van der Waals surface area contributed by atoms with Gasteiger partial charge in [0.1, 0.15) is 0 Å². The Kier molecular flexibility index (Phi) is 4.20. The maximum Gasteiger partial charge on any atom is 0.225 e. The third-order valence-electron chi connectivity index (χ3n) is 3.53. The summed E-state index contributed by atoms with van der Waals surface area (Å²) in [4.78, 5) is 2.20. The van der Waals surface area contributed by atoms with Crippen molar-refractivity contribution in [2.45, 2.75) is 51.5 Å². The van der Waals surface area contributed by atoms with Crippen LogP contribution in [0.5, 0.6) is 0 Å². The first-order valence-corrected chi connectivity index (χ1v) is 7.03. The fraction of sp³-hybridized carbons (Fsp3) is 0.833. The maximum absolute atomic E-state index is 5.38. The molecule has 2 rings (SSSR count). The molecular formula is C12H22N4S. The number of hydrogen-bond donors (Lipinski definition) is 1. The highest BCUT2D eigenvalue weighted by molar-refractivity contribution is 7.71. The lowest BCUT2D eigenvalue weighted by atomic mass is 9.95. The quantitative estimate of drug-likeness (QED) is 0.838.